The predicted octanol–water partition coefficient (Wildman–Crippen LogP) is 2.18. The average molecular weight is 241 g/mol. The fourth-order valence-electron chi connectivity index (χ4n) is 2.90. The zero-order valence-corrected chi connectivity index (χ0v) is 10.9. The molecule has 2 fully saturated rings. The van der Waals surface area contributed by atoms with Gasteiger partial charge in [-0.25, -0.2) is 0 Å². The Morgan fingerprint density at radius 1 is 1.06 bits per heavy atom. The minimum absolute atomic E-state index is 0.328. The van der Waals surface area contributed by atoms with Gasteiger partial charge in [0.05, 0.1) is 6.10 Å². The molecule has 17 heavy (non-hydrogen) atoms. The van der Waals surface area contributed by atoms with Crippen molar-refractivity contribution in [1.82, 2.24) is 4.90 Å². The first kappa shape index (κ1) is 13.3. The summed E-state index contributed by atoms with van der Waals surface area (Å²) in [7, 11) is 0. The fourth-order valence-corrected chi connectivity index (χ4v) is 2.90. The van der Waals surface area contributed by atoms with E-state index in [4.69, 9.17) is 9.84 Å². The lowest BCUT2D eigenvalue weighted by Gasteiger charge is -2.37. The van der Waals surface area contributed by atoms with Crippen molar-refractivity contribution in [3.05, 3.63) is 0 Å². The van der Waals surface area contributed by atoms with E-state index in [1.54, 1.807) is 0 Å². The van der Waals surface area contributed by atoms with Crippen molar-refractivity contribution in [1.29, 1.82) is 0 Å². The maximum absolute atomic E-state index is 8.94. The SMILES string of the molecule is OCCCN(CCCC1CCCO1)C1CCC1. The van der Waals surface area contributed by atoms with E-state index >= 15 is 0 Å². The molecule has 100 valence electrons. The highest BCUT2D eigenvalue weighted by molar-refractivity contribution is 4.80. The first-order valence-corrected chi connectivity index (χ1v) is 7.36. The Morgan fingerprint density at radius 3 is 2.47 bits per heavy atom. The molecule has 3 nitrogen and oxygen atoms in total. The van der Waals surface area contributed by atoms with Crippen LogP contribution in [0.15, 0.2) is 0 Å². The molecule has 0 aromatic heterocycles. The lowest BCUT2D eigenvalue weighted by molar-refractivity contribution is 0.0844. The highest BCUT2D eigenvalue weighted by atomic mass is 16.5. The number of aliphatic hydroxyl groups is 1. The molecule has 3 heteroatoms. The van der Waals surface area contributed by atoms with Crippen LogP contribution in [0, 0.1) is 0 Å². The molecule has 2 aliphatic rings. The molecule has 1 atom stereocenters. The van der Waals surface area contributed by atoms with Gasteiger partial charge in [0.25, 0.3) is 0 Å². The maximum atomic E-state index is 8.94. The molecular weight excluding hydrogens is 214 g/mol. The Kier molecular flexibility index (Phi) is 5.75. The van der Waals surface area contributed by atoms with Gasteiger partial charge in [0, 0.05) is 25.8 Å². The molecule has 1 aliphatic carbocycles. The molecule has 0 radical (unpaired) electrons. The monoisotopic (exact) mass is 241 g/mol. The molecule has 0 aromatic carbocycles. The van der Waals surface area contributed by atoms with E-state index in [0.717, 1.165) is 25.6 Å². The molecule has 1 saturated heterocycles. The number of hydrogen-bond donors (Lipinski definition) is 1. The zero-order chi connectivity index (χ0) is 11.9. The van der Waals surface area contributed by atoms with Crippen LogP contribution in [-0.2, 0) is 4.74 Å². The summed E-state index contributed by atoms with van der Waals surface area (Å²) >= 11 is 0. The summed E-state index contributed by atoms with van der Waals surface area (Å²) in [5, 5.41) is 8.94. The fraction of sp³-hybridized carbons (Fsp3) is 1.00. The molecule has 1 saturated carbocycles. The number of nitrogens with zero attached hydrogens (tertiary/aromatic N) is 1. The highest BCUT2D eigenvalue weighted by Crippen LogP contribution is 2.25. The first-order chi connectivity index (χ1) is 8.40. The Hall–Kier alpha value is -0.120. The zero-order valence-electron chi connectivity index (χ0n) is 10.9. The maximum Gasteiger partial charge on any atom is 0.0576 e. The summed E-state index contributed by atoms with van der Waals surface area (Å²) in [5.74, 6) is 0. The standard InChI is InChI=1S/C14H27NO2/c16-11-4-10-15(13-5-1-6-13)9-2-7-14-8-3-12-17-14/h13-14,16H,1-12H2. The van der Waals surface area contributed by atoms with Gasteiger partial charge >= 0.3 is 0 Å². The van der Waals surface area contributed by atoms with Crippen LogP contribution < -0.4 is 0 Å². The second kappa shape index (κ2) is 7.34. The average Bonchev–Trinajstić information content (AvgIpc) is 2.76. The van der Waals surface area contributed by atoms with E-state index in [1.807, 2.05) is 0 Å². The predicted molar refractivity (Wildman–Crippen MR) is 69.1 cm³/mol. The molecule has 0 aromatic rings. The number of ether oxygens (including phenoxy) is 1. The van der Waals surface area contributed by atoms with E-state index in [0.29, 0.717) is 12.7 Å². The van der Waals surface area contributed by atoms with E-state index in [1.165, 1.54) is 51.5 Å². The van der Waals surface area contributed by atoms with Crippen LogP contribution in [-0.4, -0.2) is 48.5 Å². The molecule has 0 amide bonds. The van der Waals surface area contributed by atoms with Crippen molar-refractivity contribution in [2.45, 2.75) is 63.5 Å². The van der Waals surface area contributed by atoms with Gasteiger partial charge in [0.15, 0.2) is 0 Å². The third-order valence-electron chi connectivity index (χ3n) is 4.19. The van der Waals surface area contributed by atoms with Gasteiger partial charge in [-0.1, -0.05) is 6.42 Å². The third-order valence-corrected chi connectivity index (χ3v) is 4.19. The van der Waals surface area contributed by atoms with Crippen LogP contribution in [0.5, 0.6) is 0 Å². The largest absolute Gasteiger partial charge is 0.396 e. The van der Waals surface area contributed by atoms with Gasteiger partial charge in [-0.2, -0.15) is 0 Å². The van der Waals surface area contributed by atoms with Gasteiger partial charge in [-0.15, -0.1) is 0 Å². The summed E-state index contributed by atoms with van der Waals surface area (Å²) in [5.41, 5.74) is 0. The van der Waals surface area contributed by atoms with Gasteiger partial charge < -0.3 is 14.7 Å². The normalized spacial score (nSPS) is 25.4. The number of aliphatic hydroxyl groups excluding tert-OH is 1. The Labute approximate surface area is 105 Å². The van der Waals surface area contributed by atoms with Gasteiger partial charge in [0.1, 0.15) is 0 Å². The van der Waals surface area contributed by atoms with Crippen molar-refractivity contribution in [2.75, 3.05) is 26.3 Å². The topological polar surface area (TPSA) is 32.7 Å². The number of rotatable bonds is 8. The molecule has 1 N–H and O–H groups in total. The Morgan fingerprint density at radius 2 is 1.88 bits per heavy atom. The van der Waals surface area contributed by atoms with E-state index in [9.17, 15) is 0 Å². The van der Waals surface area contributed by atoms with Crippen LogP contribution in [0.3, 0.4) is 0 Å². The lowest BCUT2D eigenvalue weighted by Crippen LogP contribution is -2.41. The summed E-state index contributed by atoms with van der Waals surface area (Å²) in [6.45, 7) is 3.58. The van der Waals surface area contributed by atoms with Crippen LogP contribution in [0.2, 0.25) is 0 Å². The molecule has 1 aliphatic heterocycles. The summed E-state index contributed by atoms with van der Waals surface area (Å²) in [6.07, 6.45) is 10.6. The van der Waals surface area contributed by atoms with E-state index in [-0.39, 0.29) is 0 Å². The second-order valence-corrected chi connectivity index (χ2v) is 5.48. The second-order valence-electron chi connectivity index (χ2n) is 5.48. The van der Waals surface area contributed by atoms with Crippen LogP contribution in [0.25, 0.3) is 0 Å². The lowest BCUT2D eigenvalue weighted by atomic mass is 9.91. The molecule has 1 unspecified atom stereocenters. The van der Waals surface area contributed by atoms with Gasteiger partial charge in [-0.3, -0.25) is 0 Å². The quantitative estimate of drug-likeness (QED) is 0.707. The minimum atomic E-state index is 0.328. The summed E-state index contributed by atoms with van der Waals surface area (Å²) < 4.78 is 5.66. The minimum Gasteiger partial charge on any atom is -0.396 e. The van der Waals surface area contributed by atoms with E-state index in [2.05, 4.69) is 4.90 Å². The molecule has 0 spiro atoms. The van der Waals surface area contributed by atoms with Crippen LogP contribution >= 0.6 is 0 Å². The smallest absolute Gasteiger partial charge is 0.0576 e. The van der Waals surface area contributed by atoms with Crippen molar-refractivity contribution >= 4 is 0 Å². The summed E-state index contributed by atoms with van der Waals surface area (Å²) in [6, 6.07) is 0.811. The molecule has 2 rings (SSSR count). The first-order valence-electron chi connectivity index (χ1n) is 7.36. The van der Waals surface area contributed by atoms with Crippen molar-refractivity contribution in [3.8, 4) is 0 Å². The molecular formula is C14H27NO2. The highest BCUT2D eigenvalue weighted by Gasteiger charge is 2.24. The van der Waals surface area contributed by atoms with Crippen molar-refractivity contribution in [3.63, 3.8) is 0 Å². The third kappa shape index (κ3) is 4.23. The number of hydrogen-bond acceptors (Lipinski definition) is 3. The molecule has 0 bridgehead atoms. The van der Waals surface area contributed by atoms with Crippen molar-refractivity contribution < 1.29 is 9.84 Å². The summed E-state index contributed by atoms with van der Waals surface area (Å²) in [4.78, 5) is 2.59. The Balaban J connectivity index is 1.61. The van der Waals surface area contributed by atoms with Gasteiger partial charge in [0.2, 0.25) is 0 Å². The molecule has 1 heterocycles. The van der Waals surface area contributed by atoms with Crippen LogP contribution in [0.4, 0.5) is 0 Å². The van der Waals surface area contributed by atoms with E-state index < -0.39 is 0 Å². The van der Waals surface area contributed by atoms with Gasteiger partial charge in [-0.05, 0) is 51.5 Å². The Bertz CT molecular complexity index is 200. The van der Waals surface area contributed by atoms with Crippen LogP contribution in [0.1, 0.15) is 51.4 Å². The van der Waals surface area contributed by atoms with Crippen molar-refractivity contribution in [2.24, 2.45) is 0 Å².